The van der Waals surface area contributed by atoms with Crippen LogP contribution >= 0.6 is 0 Å². The Hall–Kier alpha value is -1.00. The molecule has 0 heterocycles. The summed E-state index contributed by atoms with van der Waals surface area (Å²) < 4.78 is 39.8. The molecule has 0 aliphatic carbocycles. The lowest BCUT2D eigenvalue weighted by atomic mass is 10.1. The average Bonchev–Trinajstić information content (AvgIpc) is 2.31. The van der Waals surface area contributed by atoms with Gasteiger partial charge in [-0.3, -0.25) is 0 Å². The summed E-state index contributed by atoms with van der Waals surface area (Å²) in [5, 5.41) is 0. The van der Waals surface area contributed by atoms with Crippen LogP contribution in [0.25, 0.3) is 0 Å². The molecule has 0 aliphatic rings. The van der Waals surface area contributed by atoms with Crippen LogP contribution in [0.15, 0.2) is 12.3 Å². The third-order valence-corrected chi connectivity index (χ3v) is 2.78. The van der Waals surface area contributed by atoms with E-state index in [1.165, 1.54) is 25.7 Å². The van der Waals surface area contributed by atoms with E-state index in [1.54, 1.807) is 0 Å². The Morgan fingerprint density at radius 2 is 1.47 bits per heavy atom. The minimum atomic E-state index is -4.94. The number of halogens is 3. The van der Waals surface area contributed by atoms with Crippen molar-refractivity contribution < 1.29 is 22.7 Å². The molecule has 0 saturated carbocycles. The van der Waals surface area contributed by atoms with Gasteiger partial charge in [0.15, 0.2) is 0 Å². The van der Waals surface area contributed by atoms with Crippen LogP contribution in [0.2, 0.25) is 0 Å². The van der Waals surface area contributed by atoms with Crippen molar-refractivity contribution in [2.75, 3.05) is 0 Å². The second kappa shape index (κ2) is 9.87. The first-order chi connectivity index (χ1) is 8.88. The fourth-order valence-corrected chi connectivity index (χ4v) is 1.70. The standard InChI is InChI=1S/C14H23F3O2/c1-3-4-5-6-7-8-9-10-11-12(2)19-13(18)14(15,16)17/h2-11H2,1H3. The molecule has 0 N–H and O–H groups in total. The molecule has 0 unspecified atom stereocenters. The van der Waals surface area contributed by atoms with E-state index in [0.717, 1.165) is 19.3 Å². The van der Waals surface area contributed by atoms with Crippen LogP contribution in [0, 0.1) is 0 Å². The van der Waals surface area contributed by atoms with Gasteiger partial charge in [0.05, 0.1) is 0 Å². The first kappa shape index (κ1) is 18.0. The minimum Gasteiger partial charge on any atom is -0.425 e. The van der Waals surface area contributed by atoms with Gasteiger partial charge in [-0.15, -0.1) is 0 Å². The number of unbranched alkanes of at least 4 members (excludes halogenated alkanes) is 7. The van der Waals surface area contributed by atoms with Crippen molar-refractivity contribution >= 4 is 5.97 Å². The fraction of sp³-hybridized carbons (Fsp3) is 0.786. The van der Waals surface area contributed by atoms with Gasteiger partial charge in [0.1, 0.15) is 5.76 Å². The van der Waals surface area contributed by atoms with E-state index < -0.39 is 12.1 Å². The SMILES string of the molecule is C=C(CCCCCCCCCC)OC(=O)C(F)(F)F. The van der Waals surface area contributed by atoms with Gasteiger partial charge in [-0.05, 0) is 6.42 Å². The molecule has 0 atom stereocenters. The molecule has 0 fully saturated rings. The molecule has 0 aromatic heterocycles. The maximum Gasteiger partial charge on any atom is 0.491 e. The number of allylic oxidation sites excluding steroid dienone is 1. The second-order valence-electron chi connectivity index (χ2n) is 4.65. The summed E-state index contributed by atoms with van der Waals surface area (Å²) >= 11 is 0. The van der Waals surface area contributed by atoms with Gasteiger partial charge in [0.25, 0.3) is 0 Å². The summed E-state index contributed by atoms with van der Waals surface area (Å²) in [6.45, 7) is 5.48. The van der Waals surface area contributed by atoms with Crippen LogP contribution in [0.3, 0.4) is 0 Å². The Bertz CT molecular complexity index is 272. The quantitative estimate of drug-likeness (QED) is 0.315. The van der Waals surface area contributed by atoms with Crippen LogP contribution in [-0.2, 0) is 9.53 Å². The smallest absolute Gasteiger partial charge is 0.425 e. The Kier molecular flexibility index (Phi) is 9.35. The van der Waals surface area contributed by atoms with Crippen molar-refractivity contribution in [1.82, 2.24) is 0 Å². The highest BCUT2D eigenvalue weighted by Crippen LogP contribution is 2.20. The molecule has 19 heavy (non-hydrogen) atoms. The third kappa shape index (κ3) is 10.6. The number of alkyl halides is 3. The van der Waals surface area contributed by atoms with Gasteiger partial charge >= 0.3 is 12.1 Å². The van der Waals surface area contributed by atoms with Gasteiger partial charge in [-0.1, -0.05) is 58.4 Å². The molecule has 0 aromatic rings. The number of ether oxygens (including phenoxy) is 1. The van der Waals surface area contributed by atoms with Crippen LogP contribution in [0.1, 0.15) is 64.7 Å². The molecule has 0 amide bonds. The molecule has 0 rings (SSSR count). The highest BCUT2D eigenvalue weighted by atomic mass is 19.4. The van der Waals surface area contributed by atoms with Crippen LogP contribution in [-0.4, -0.2) is 12.1 Å². The zero-order chi connectivity index (χ0) is 14.7. The molecule has 5 heteroatoms. The average molecular weight is 280 g/mol. The second-order valence-corrected chi connectivity index (χ2v) is 4.65. The number of hydrogen-bond acceptors (Lipinski definition) is 2. The van der Waals surface area contributed by atoms with Gasteiger partial charge in [-0.2, -0.15) is 13.2 Å². The maximum atomic E-state index is 11.9. The van der Waals surface area contributed by atoms with Crippen LogP contribution in [0.4, 0.5) is 13.2 Å². The maximum absolute atomic E-state index is 11.9. The lowest BCUT2D eigenvalue weighted by Gasteiger charge is -2.09. The third-order valence-electron chi connectivity index (χ3n) is 2.78. The Morgan fingerprint density at radius 3 is 1.95 bits per heavy atom. The normalized spacial score (nSPS) is 11.4. The molecule has 0 saturated heterocycles. The van der Waals surface area contributed by atoms with Crippen molar-refractivity contribution in [2.45, 2.75) is 70.9 Å². The highest BCUT2D eigenvalue weighted by molar-refractivity contribution is 5.76. The number of carbonyl (C=O) groups is 1. The molecular formula is C14H23F3O2. The molecule has 0 spiro atoms. The summed E-state index contributed by atoms with van der Waals surface area (Å²) in [6, 6.07) is 0. The monoisotopic (exact) mass is 280 g/mol. The first-order valence-electron chi connectivity index (χ1n) is 6.84. The molecule has 0 bridgehead atoms. The van der Waals surface area contributed by atoms with E-state index in [4.69, 9.17) is 0 Å². The van der Waals surface area contributed by atoms with Gasteiger partial charge in [0.2, 0.25) is 0 Å². The van der Waals surface area contributed by atoms with E-state index in [0.29, 0.717) is 12.8 Å². The van der Waals surface area contributed by atoms with Crippen molar-refractivity contribution in [2.24, 2.45) is 0 Å². The minimum absolute atomic E-state index is 0.103. The summed E-state index contributed by atoms with van der Waals surface area (Å²) in [4.78, 5) is 10.5. The summed E-state index contributed by atoms with van der Waals surface area (Å²) in [5.41, 5.74) is 0. The molecule has 0 aliphatic heterocycles. The summed E-state index contributed by atoms with van der Waals surface area (Å²) in [6.07, 6.45) is 4.11. The molecule has 0 aromatic carbocycles. The van der Waals surface area contributed by atoms with E-state index in [2.05, 4.69) is 18.2 Å². The van der Waals surface area contributed by atoms with Crippen LogP contribution in [0.5, 0.6) is 0 Å². The van der Waals surface area contributed by atoms with Crippen molar-refractivity contribution in [3.8, 4) is 0 Å². The molecule has 112 valence electrons. The highest BCUT2D eigenvalue weighted by Gasteiger charge is 2.41. The fourth-order valence-electron chi connectivity index (χ4n) is 1.70. The van der Waals surface area contributed by atoms with Crippen molar-refractivity contribution in [3.63, 3.8) is 0 Å². The lowest BCUT2D eigenvalue weighted by molar-refractivity contribution is -0.195. The lowest BCUT2D eigenvalue weighted by Crippen LogP contribution is -2.24. The van der Waals surface area contributed by atoms with E-state index in [-0.39, 0.29) is 5.76 Å². The van der Waals surface area contributed by atoms with Gasteiger partial charge < -0.3 is 4.74 Å². The number of esters is 1. The molecular weight excluding hydrogens is 257 g/mol. The zero-order valence-corrected chi connectivity index (χ0v) is 11.5. The van der Waals surface area contributed by atoms with Crippen molar-refractivity contribution in [3.05, 3.63) is 12.3 Å². The number of hydrogen-bond donors (Lipinski definition) is 0. The van der Waals surface area contributed by atoms with Gasteiger partial charge in [-0.25, -0.2) is 4.79 Å². The zero-order valence-electron chi connectivity index (χ0n) is 11.5. The van der Waals surface area contributed by atoms with Crippen LogP contribution < -0.4 is 0 Å². The topological polar surface area (TPSA) is 26.3 Å². The Labute approximate surface area is 113 Å². The Balaban J connectivity index is 3.47. The molecule has 0 radical (unpaired) electrons. The predicted molar refractivity (Wildman–Crippen MR) is 68.5 cm³/mol. The van der Waals surface area contributed by atoms with E-state index in [9.17, 15) is 18.0 Å². The summed E-state index contributed by atoms with van der Waals surface area (Å²) in [5.74, 6) is -2.29. The largest absolute Gasteiger partial charge is 0.491 e. The first-order valence-corrected chi connectivity index (χ1v) is 6.84. The Morgan fingerprint density at radius 1 is 1.00 bits per heavy atom. The predicted octanol–water partition coefficient (Wildman–Crippen LogP) is 5.14. The number of rotatable bonds is 10. The van der Waals surface area contributed by atoms with Crippen molar-refractivity contribution in [1.29, 1.82) is 0 Å². The van der Waals surface area contributed by atoms with Gasteiger partial charge in [0, 0.05) is 6.42 Å². The van der Waals surface area contributed by atoms with E-state index >= 15 is 0 Å². The summed E-state index contributed by atoms with van der Waals surface area (Å²) in [7, 11) is 0. The molecule has 2 nitrogen and oxygen atoms in total. The number of carbonyl (C=O) groups excluding carboxylic acids is 1. The van der Waals surface area contributed by atoms with E-state index in [1.807, 2.05) is 0 Å².